The predicted molar refractivity (Wildman–Crippen MR) is 102 cm³/mol. The minimum absolute atomic E-state index is 0.330. The molecule has 0 spiro atoms. The molecule has 0 unspecified atom stereocenters. The van der Waals surface area contributed by atoms with Gasteiger partial charge in [-0.05, 0) is 54.6 Å². The van der Waals surface area contributed by atoms with Crippen LogP contribution in [0.25, 0.3) is 11.5 Å². The zero-order valence-corrected chi connectivity index (χ0v) is 14.8. The molecule has 0 aliphatic heterocycles. The first-order valence-electron chi connectivity index (χ1n) is 8.16. The van der Waals surface area contributed by atoms with Crippen LogP contribution in [0.15, 0.2) is 79.3 Å². The zero-order chi connectivity index (χ0) is 18.8. The van der Waals surface area contributed by atoms with Crippen LogP contribution in [0.1, 0.15) is 10.4 Å². The molecule has 0 bridgehead atoms. The topological polar surface area (TPSA) is 51.9 Å². The number of benzene rings is 2. The Labute approximate surface area is 159 Å². The molecule has 134 valence electrons. The molecule has 2 aromatic heterocycles. The largest absolute Gasteiger partial charge is 0.322 e. The van der Waals surface area contributed by atoms with Crippen LogP contribution in [-0.4, -0.2) is 20.3 Å². The average molecular weight is 381 g/mol. The Balaban J connectivity index is 1.77. The molecule has 0 aliphatic rings. The van der Waals surface area contributed by atoms with E-state index >= 15 is 0 Å². The van der Waals surface area contributed by atoms with E-state index < -0.39 is 0 Å². The van der Waals surface area contributed by atoms with Crippen LogP contribution < -0.4 is 5.32 Å². The summed E-state index contributed by atoms with van der Waals surface area (Å²) in [4.78, 5) is 12.8. The van der Waals surface area contributed by atoms with Crippen molar-refractivity contribution in [1.82, 2.24) is 14.3 Å². The molecule has 27 heavy (non-hydrogen) atoms. The first-order valence-corrected chi connectivity index (χ1v) is 8.54. The normalized spacial score (nSPS) is 10.7. The smallest absolute Gasteiger partial charge is 0.261 e. The SMILES string of the molecule is O=C(Nc1ccc(Cl)cc1)c1cnn(-c2cccc(F)c2)c1-n1cccc1. The molecule has 0 atom stereocenters. The van der Waals surface area contributed by atoms with Crippen molar-refractivity contribution in [3.8, 4) is 11.5 Å². The van der Waals surface area contributed by atoms with Crippen molar-refractivity contribution < 1.29 is 9.18 Å². The Bertz CT molecular complexity index is 1090. The van der Waals surface area contributed by atoms with Crippen LogP contribution in [0.3, 0.4) is 0 Å². The van der Waals surface area contributed by atoms with Crippen LogP contribution in [0.4, 0.5) is 10.1 Å². The molecule has 0 radical (unpaired) electrons. The van der Waals surface area contributed by atoms with E-state index in [-0.39, 0.29) is 11.7 Å². The molecule has 4 aromatic rings. The average Bonchev–Trinajstić information content (AvgIpc) is 3.32. The third-order valence-corrected chi connectivity index (χ3v) is 4.24. The van der Waals surface area contributed by atoms with Gasteiger partial charge in [0.1, 0.15) is 11.4 Å². The standard InChI is InChI=1S/C20H14ClFN4O/c21-14-6-8-16(9-7-14)24-19(27)18-13-23-26(17-5-3-4-15(22)12-17)20(18)25-10-1-2-11-25/h1-13H,(H,24,27). The van der Waals surface area contributed by atoms with Crippen molar-refractivity contribution in [3.63, 3.8) is 0 Å². The molecule has 1 N–H and O–H groups in total. The second-order valence-corrected chi connectivity index (χ2v) is 6.26. The van der Waals surface area contributed by atoms with Gasteiger partial charge in [-0.1, -0.05) is 17.7 Å². The predicted octanol–water partition coefficient (Wildman–Crippen LogP) is 4.71. The van der Waals surface area contributed by atoms with Gasteiger partial charge in [0.25, 0.3) is 5.91 Å². The lowest BCUT2D eigenvalue weighted by molar-refractivity contribution is 0.102. The fourth-order valence-corrected chi connectivity index (χ4v) is 2.88. The summed E-state index contributed by atoms with van der Waals surface area (Å²) in [6, 6.07) is 16.5. The van der Waals surface area contributed by atoms with Gasteiger partial charge in [0, 0.05) is 23.1 Å². The fourth-order valence-electron chi connectivity index (χ4n) is 2.75. The van der Waals surface area contributed by atoms with E-state index in [0.29, 0.717) is 27.8 Å². The first kappa shape index (κ1) is 17.1. The van der Waals surface area contributed by atoms with Crippen molar-refractivity contribution in [1.29, 1.82) is 0 Å². The highest BCUT2D eigenvalue weighted by Gasteiger charge is 2.20. The van der Waals surface area contributed by atoms with Crippen LogP contribution in [-0.2, 0) is 0 Å². The van der Waals surface area contributed by atoms with E-state index in [2.05, 4.69) is 10.4 Å². The maximum Gasteiger partial charge on any atom is 0.261 e. The zero-order valence-electron chi connectivity index (χ0n) is 14.0. The molecule has 5 nitrogen and oxygen atoms in total. The van der Waals surface area contributed by atoms with Crippen LogP contribution in [0, 0.1) is 5.82 Å². The van der Waals surface area contributed by atoms with E-state index in [4.69, 9.17) is 11.6 Å². The quantitative estimate of drug-likeness (QED) is 0.557. The van der Waals surface area contributed by atoms with Crippen LogP contribution in [0.2, 0.25) is 5.02 Å². The highest BCUT2D eigenvalue weighted by Crippen LogP contribution is 2.22. The van der Waals surface area contributed by atoms with Gasteiger partial charge in [-0.15, -0.1) is 0 Å². The van der Waals surface area contributed by atoms with Crippen molar-refractivity contribution in [2.75, 3.05) is 5.32 Å². The van der Waals surface area contributed by atoms with Gasteiger partial charge in [-0.2, -0.15) is 5.10 Å². The highest BCUT2D eigenvalue weighted by atomic mass is 35.5. The van der Waals surface area contributed by atoms with Crippen LogP contribution >= 0.6 is 11.6 Å². The van der Waals surface area contributed by atoms with Gasteiger partial charge in [-0.25, -0.2) is 9.07 Å². The highest BCUT2D eigenvalue weighted by molar-refractivity contribution is 6.30. The molecule has 0 saturated heterocycles. The number of aromatic nitrogens is 3. The second kappa shape index (κ2) is 7.09. The minimum Gasteiger partial charge on any atom is -0.322 e. The van der Waals surface area contributed by atoms with Crippen molar-refractivity contribution in [2.45, 2.75) is 0 Å². The number of carbonyl (C=O) groups is 1. The molecule has 2 aromatic carbocycles. The van der Waals surface area contributed by atoms with E-state index in [9.17, 15) is 9.18 Å². The molecule has 7 heteroatoms. The number of rotatable bonds is 4. The molecular formula is C20H14ClFN4O. The third-order valence-electron chi connectivity index (χ3n) is 3.99. The van der Waals surface area contributed by atoms with Gasteiger partial charge in [0.05, 0.1) is 11.9 Å². The number of carbonyl (C=O) groups excluding carboxylic acids is 1. The molecule has 0 saturated carbocycles. The Morgan fingerprint density at radius 3 is 2.48 bits per heavy atom. The number of hydrogen-bond acceptors (Lipinski definition) is 2. The van der Waals surface area contributed by atoms with Crippen molar-refractivity contribution >= 4 is 23.2 Å². The van der Waals surface area contributed by atoms with E-state index in [1.807, 2.05) is 12.1 Å². The van der Waals surface area contributed by atoms with E-state index in [0.717, 1.165) is 0 Å². The number of nitrogens with one attached hydrogen (secondary N) is 1. The third kappa shape index (κ3) is 3.47. The minimum atomic E-state index is -0.381. The fraction of sp³-hybridized carbons (Fsp3) is 0. The molecule has 0 fully saturated rings. The van der Waals surface area contributed by atoms with Crippen LogP contribution in [0.5, 0.6) is 0 Å². The number of hydrogen-bond donors (Lipinski definition) is 1. The summed E-state index contributed by atoms with van der Waals surface area (Å²) in [5.74, 6) is -0.200. The summed E-state index contributed by atoms with van der Waals surface area (Å²) in [5, 5.41) is 7.72. The van der Waals surface area contributed by atoms with E-state index in [1.54, 1.807) is 53.4 Å². The number of nitrogens with zero attached hydrogens (tertiary/aromatic N) is 3. The first-order chi connectivity index (χ1) is 13.1. The maximum absolute atomic E-state index is 13.7. The van der Waals surface area contributed by atoms with Gasteiger partial charge in [0.15, 0.2) is 5.82 Å². The monoisotopic (exact) mass is 380 g/mol. The molecule has 2 heterocycles. The van der Waals surface area contributed by atoms with Gasteiger partial charge in [0.2, 0.25) is 0 Å². The number of anilines is 1. The summed E-state index contributed by atoms with van der Waals surface area (Å²) < 4.78 is 17.0. The second-order valence-electron chi connectivity index (χ2n) is 5.82. The lowest BCUT2D eigenvalue weighted by Crippen LogP contribution is -2.15. The molecule has 1 amide bonds. The van der Waals surface area contributed by atoms with Crippen molar-refractivity contribution in [2.24, 2.45) is 0 Å². The summed E-state index contributed by atoms with van der Waals surface area (Å²) in [7, 11) is 0. The lowest BCUT2D eigenvalue weighted by atomic mass is 10.2. The molecule has 0 aliphatic carbocycles. The lowest BCUT2D eigenvalue weighted by Gasteiger charge is -2.11. The summed E-state index contributed by atoms with van der Waals surface area (Å²) in [5.41, 5.74) is 1.48. The summed E-state index contributed by atoms with van der Waals surface area (Å²) in [6.07, 6.45) is 5.06. The Hall–Kier alpha value is -3.38. The number of halogens is 2. The summed E-state index contributed by atoms with van der Waals surface area (Å²) in [6.45, 7) is 0. The van der Waals surface area contributed by atoms with Gasteiger partial charge >= 0.3 is 0 Å². The van der Waals surface area contributed by atoms with Gasteiger partial charge in [-0.3, -0.25) is 4.79 Å². The number of amides is 1. The Kier molecular flexibility index (Phi) is 4.48. The summed E-state index contributed by atoms with van der Waals surface area (Å²) >= 11 is 5.88. The maximum atomic E-state index is 13.7. The van der Waals surface area contributed by atoms with Gasteiger partial charge < -0.3 is 9.88 Å². The van der Waals surface area contributed by atoms with E-state index in [1.165, 1.54) is 23.0 Å². The molecular weight excluding hydrogens is 367 g/mol. The Morgan fingerprint density at radius 1 is 1.04 bits per heavy atom. The molecule has 4 rings (SSSR count). The Morgan fingerprint density at radius 2 is 1.78 bits per heavy atom. The van der Waals surface area contributed by atoms with Crippen molar-refractivity contribution in [3.05, 3.63) is 95.7 Å².